The van der Waals surface area contributed by atoms with Crippen molar-refractivity contribution in [3.05, 3.63) is 25.3 Å². The smallest absolute Gasteiger partial charge is 0.312 e. The molecule has 3 rings (SSSR count). The highest BCUT2D eigenvalue weighted by Crippen LogP contribution is 2.60. The van der Waals surface area contributed by atoms with Gasteiger partial charge >= 0.3 is 5.97 Å². The number of unbranched alkanes of at least 4 members (excludes halogenated alkanes) is 3. The predicted octanol–water partition coefficient (Wildman–Crippen LogP) is 2.83. The molecule has 0 saturated carbocycles. The van der Waals surface area contributed by atoms with Gasteiger partial charge in [-0.2, -0.15) is 0 Å². The molecule has 9 heteroatoms. The van der Waals surface area contributed by atoms with Gasteiger partial charge in [-0.15, -0.1) is 13.2 Å². The minimum atomic E-state index is -1.09. The molecular weight excluding hydrogens is 516 g/mol. The van der Waals surface area contributed by atoms with Crippen LogP contribution in [0.3, 0.4) is 0 Å². The summed E-state index contributed by atoms with van der Waals surface area (Å²) < 4.78 is 12.1. The number of alkyl halides is 1. The second-order valence-corrected chi connectivity index (χ2v) is 11.1. The van der Waals surface area contributed by atoms with Crippen LogP contribution in [0.15, 0.2) is 25.3 Å². The van der Waals surface area contributed by atoms with Gasteiger partial charge in [-0.25, -0.2) is 0 Å². The average Bonchev–Trinajstić information content (AvgIpc) is 3.40. The quantitative estimate of drug-likeness (QED) is 0.153. The van der Waals surface area contributed by atoms with Gasteiger partial charge in [-0.1, -0.05) is 28.1 Å². The van der Waals surface area contributed by atoms with Gasteiger partial charge in [0.05, 0.1) is 24.5 Å². The third-order valence-corrected chi connectivity index (χ3v) is 8.23. The lowest BCUT2D eigenvalue weighted by atomic mass is 9.70. The summed E-state index contributed by atoms with van der Waals surface area (Å²) in [6.07, 6.45) is 6.96. The summed E-state index contributed by atoms with van der Waals surface area (Å²) in [4.78, 5) is 44.1. The maximum absolute atomic E-state index is 14.0. The number of rotatable bonds is 14. The molecule has 0 radical (unpaired) electrons. The largest absolute Gasteiger partial charge is 0.465 e. The Hall–Kier alpha value is -1.71. The van der Waals surface area contributed by atoms with Gasteiger partial charge in [0, 0.05) is 30.6 Å². The van der Waals surface area contributed by atoms with E-state index in [2.05, 4.69) is 29.1 Å². The van der Waals surface area contributed by atoms with Crippen molar-refractivity contribution in [2.75, 3.05) is 26.3 Å². The van der Waals surface area contributed by atoms with Crippen molar-refractivity contribution in [3.8, 4) is 0 Å². The molecule has 0 aromatic carbocycles. The minimum Gasteiger partial charge on any atom is -0.465 e. The molecule has 3 aliphatic rings. The lowest BCUT2D eigenvalue weighted by molar-refractivity contribution is -0.155. The average molecular weight is 556 g/mol. The number of nitrogens with zero attached hydrogens (tertiary/aromatic N) is 2. The molecule has 1 N–H and O–H groups in total. The number of hydrogen-bond donors (Lipinski definition) is 1. The van der Waals surface area contributed by atoms with E-state index in [1.165, 1.54) is 0 Å². The van der Waals surface area contributed by atoms with E-state index in [-0.39, 0.29) is 35.9 Å². The van der Waals surface area contributed by atoms with Crippen molar-refractivity contribution >= 4 is 33.7 Å². The Balaban J connectivity index is 1.92. The number of allylic oxidation sites excluding steroid dienone is 1. The maximum atomic E-state index is 14.0. The lowest BCUT2D eigenvalue weighted by Gasteiger charge is -2.38. The molecule has 3 saturated heterocycles. The molecule has 3 fully saturated rings. The maximum Gasteiger partial charge on any atom is 0.312 e. The Morgan fingerprint density at radius 1 is 1.29 bits per heavy atom. The first kappa shape index (κ1) is 27.9. The fourth-order valence-electron chi connectivity index (χ4n) is 5.82. The van der Waals surface area contributed by atoms with Crippen molar-refractivity contribution in [1.82, 2.24) is 9.80 Å². The van der Waals surface area contributed by atoms with Crippen LogP contribution < -0.4 is 0 Å². The van der Waals surface area contributed by atoms with Gasteiger partial charge in [0.15, 0.2) is 0 Å². The SMILES string of the molecule is C=CCCCCOC(=O)[C@H]1[C@@H]2OC3(CC2Br)C(C(=O)N(CC=C)C(C)C)N(CCCCO)C(=O)[C@H]13. The zero-order valence-corrected chi connectivity index (χ0v) is 22.5. The number of likely N-dealkylation sites (tertiary alicyclic amines) is 1. The Kier molecular flexibility index (Phi) is 9.57. The van der Waals surface area contributed by atoms with E-state index in [0.717, 1.165) is 19.3 Å². The first-order valence-electron chi connectivity index (χ1n) is 12.7. The third-order valence-electron chi connectivity index (χ3n) is 7.38. The second-order valence-electron chi connectivity index (χ2n) is 9.95. The van der Waals surface area contributed by atoms with Gasteiger partial charge in [0.25, 0.3) is 0 Å². The van der Waals surface area contributed by atoms with Gasteiger partial charge in [-0.3, -0.25) is 14.4 Å². The summed E-state index contributed by atoms with van der Waals surface area (Å²) >= 11 is 3.67. The number of hydrogen-bond acceptors (Lipinski definition) is 6. The van der Waals surface area contributed by atoms with E-state index in [4.69, 9.17) is 9.47 Å². The van der Waals surface area contributed by atoms with E-state index >= 15 is 0 Å². The van der Waals surface area contributed by atoms with Crippen LogP contribution in [0.2, 0.25) is 0 Å². The molecule has 8 nitrogen and oxygen atoms in total. The molecule has 0 aromatic heterocycles. The van der Waals surface area contributed by atoms with Crippen LogP contribution in [0.5, 0.6) is 0 Å². The van der Waals surface area contributed by atoms with Gasteiger partial charge in [0.2, 0.25) is 11.8 Å². The molecule has 196 valence electrons. The molecule has 2 amide bonds. The van der Waals surface area contributed by atoms with Crippen LogP contribution in [-0.4, -0.2) is 87.6 Å². The third kappa shape index (κ3) is 5.23. The number of aliphatic hydroxyl groups is 1. The standard InChI is InChI=1S/C26H39BrN2O6/c1-5-7-8-11-15-34-25(33)19-20-23(31)29(13-9-10-14-30)22(24(32)28(12-6-2)17(3)4)26(20)16-18(27)21(19)35-26/h5-6,17-22,30H,1-2,7-16H2,3-4H3/t18?,19-,20+,21-,22?,26?/m1/s1. The first-order valence-corrected chi connectivity index (χ1v) is 13.6. The summed E-state index contributed by atoms with van der Waals surface area (Å²) in [5.41, 5.74) is -1.09. The topological polar surface area (TPSA) is 96.4 Å². The molecule has 0 aliphatic carbocycles. The molecule has 35 heavy (non-hydrogen) atoms. The highest BCUT2D eigenvalue weighted by Gasteiger charge is 2.77. The van der Waals surface area contributed by atoms with Crippen LogP contribution in [-0.2, 0) is 23.9 Å². The van der Waals surface area contributed by atoms with Crippen LogP contribution in [0.4, 0.5) is 0 Å². The molecule has 1 spiro atoms. The number of ether oxygens (including phenoxy) is 2. The number of esters is 1. The van der Waals surface area contributed by atoms with Crippen LogP contribution in [0.25, 0.3) is 0 Å². The van der Waals surface area contributed by atoms with Crippen molar-refractivity contribution in [2.24, 2.45) is 11.8 Å². The predicted molar refractivity (Wildman–Crippen MR) is 136 cm³/mol. The highest BCUT2D eigenvalue weighted by molar-refractivity contribution is 9.09. The van der Waals surface area contributed by atoms with Crippen LogP contribution >= 0.6 is 15.9 Å². The molecule has 3 aliphatic heterocycles. The number of halogens is 1. The molecule has 0 aromatic rings. The van der Waals surface area contributed by atoms with E-state index in [9.17, 15) is 19.5 Å². The summed E-state index contributed by atoms with van der Waals surface area (Å²) in [5.74, 6) is -2.39. The molecule has 2 bridgehead atoms. The normalized spacial score (nSPS) is 31.1. The Labute approximate surface area is 216 Å². The number of amides is 2. The summed E-state index contributed by atoms with van der Waals surface area (Å²) in [7, 11) is 0. The molecular formula is C26H39BrN2O6. The van der Waals surface area contributed by atoms with E-state index < -0.39 is 35.6 Å². The van der Waals surface area contributed by atoms with Gasteiger partial charge in [-0.05, 0) is 52.4 Å². The lowest BCUT2D eigenvalue weighted by Crippen LogP contribution is -2.58. The molecule has 3 heterocycles. The van der Waals surface area contributed by atoms with E-state index in [0.29, 0.717) is 32.4 Å². The van der Waals surface area contributed by atoms with E-state index in [1.807, 2.05) is 19.9 Å². The summed E-state index contributed by atoms with van der Waals surface area (Å²) in [6.45, 7) is 12.3. The van der Waals surface area contributed by atoms with Crippen molar-refractivity contribution in [2.45, 2.75) is 81.0 Å². The monoisotopic (exact) mass is 554 g/mol. The van der Waals surface area contributed by atoms with Crippen LogP contribution in [0, 0.1) is 11.8 Å². The number of fused-ring (bicyclic) bond motifs is 1. The zero-order valence-electron chi connectivity index (χ0n) is 20.9. The second kappa shape index (κ2) is 12.0. The molecule has 6 atom stereocenters. The van der Waals surface area contributed by atoms with Crippen molar-refractivity contribution in [3.63, 3.8) is 0 Å². The van der Waals surface area contributed by atoms with Gasteiger partial charge in [0.1, 0.15) is 11.6 Å². The number of carbonyl (C=O) groups excluding carboxylic acids is 3. The fraction of sp³-hybridized carbons (Fsp3) is 0.731. The van der Waals surface area contributed by atoms with Crippen molar-refractivity contribution in [1.29, 1.82) is 0 Å². The van der Waals surface area contributed by atoms with Gasteiger partial charge < -0.3 is 24.4 Å². The Morgan fingerprint density at radius 2 is 2.03 bits per heavy atom. The fourth-order valence-corrected chi connectivity index (χ4v) is 6.77. The van der Waals surface area contributed by atoms with Crippen LogP contribution in [0.1, 0.15) is 52.4 Å². The minimum absolute atomic E-state index is 0.00660. The van der Waals surface area contributed by atoms with E-state index in [1.54, 1.807) is 15.9 Å². The number of carbonyl (C=O) groups is 3. The first-order chi connectivity index (χ1) is 16.7. The molecule has 3 unspecified atom stereocenters. The zero-order chi connectivity index (χ0) is 25.8. The highest BCUT2D eigenvalue weighted by atomic mass is 79.9. The Bertz CT molecular complexity index is 820. The Morgan fingerprint density at radius 3 is 2.66 bits per heavy atom. The summed E-state index contributed by atoms with van der Waals surface area (Å²) in [5, 5.41) is 9.28. The van der Waals surface area contributed by atoms with Crippen molar-refractivity contribution < 1.29 is 29.0 Å². The summed E-state index contributed by atoms with van der Waals surface area (Å²) in [6, 6.07) is -0.934. The number of aliphatic hydroxyl groups excluding tert-OH is 1.